The maximum Gasteiger partial charge on any atom is 0.0577 e. The summed E-state index contributed by atoms with van der Waals surface area (Å²) < 4.78 is 0. The van der Waals surface area contributed by atoms with E-state index < -0.39 is 0 Å². The van der Waals surface area contributed by atoms with Crippen LogP contribution in [0.4, 0.5) is 0 Å². The molecule has 0 aliphatic heterocycles. The van der Waals surface area contributed by atoms with Gasteiger partial charge in [-0.05, 0) is 105 Å². The highest BCUT2D eigenvalue weighted by Crippen LogP contribution is 2.67. The van der Waals surface area contributed by atoms with E-state index in [1.54, 1.807) is 5.57 Å². The molecule has 29 heavy (non-hydrogen) atoms. The lowest BCUT2D eigenvalue weighted by atomic mass is 9.47. The smallest absolute Gasteiger partial charge is 0.0577 e. The van der Waals surface area contributed by atoms with Crippen LogP contribution < -0.4 is 0 Å². The molecule has 4 aliphatic rings. The summed E-state index contributed by atoms with van der Waals surface area (Å²) in [5.74, 6) is 4.59. The van der Waals surface area contributed by atoms with Crippen LogP contribution in [0.15, 0.2) is 36.0 Å². The summed E-state index contributed by atoms with van der Waals surface area (Å²) in [7, 11) is 0. The zero-order valence-corrected chi connectivity index (χ0v) is 19.6. The van der Waals surface area contributed by atoms with Crippen molar-refractivity contribution >= 4 is 0 Å². The van der Waals surface area contributed by atoms with Crippen molar-refractivity contribution < 1.29 is 5.11 Å². The van der Waals surface area contributed by atoms with E-state index in [0.717, 1.165) is 36.5 Å². The maximum absolute atomic E-state index is 10.2. The number of allylic oxidation sites excluding steroid dienone is 4. The summed E-state index contributed by atoms with van der Waals surface area (Å²) in [6.07, 6.45) is 17.4. The predicted molar refractivity (Wildman–Crippen MR) is 123 cm³/mol. The average molecular weight is 397 g/mol. The van der Waals surface area contributed by atoms with E-state index in [2.05, 4.69) is 59.4 Å². The second kappa shape index (κ2) is 7.70. The van der Waals surface area contributed by atoms with Crippen LogP contribution in [-0.2, 0) is 0 Å². The summed E-state index contributed by atoms with van der Waals surface area (Å²) in [5, 5.41) is 10.2. The molecule has 0 saturated heterocycles. The van der Waals surface area contributed by atoms with Crippen LogP contribution in [0.1, 0.15) is 86.0 Å². The molecule has 0 amide bonds. The monoisotopic (exact) mass is 396 g/mol. The van der Waals surface area contributed by atoms with Crippen LogP contribution in [0.2, 0.25) is 0 Å². The van der Waals surface area contributed by atoms with Gasteiger partial charge in [0.25, 0.3) is 0 Å². The van der Waals surface area contributed by atoms with Gasteiger partial charge < -0.3 is 5.11 Å². The molecule has 0 aromatic carbocycles. The summed E-state index contributed by atoms with van der Waals surface area (Å²) in [5.41, 5.74) is 3.73. The molecule has 0 aromatic heterocycles. The highest BCUT2D eigenvalue weighted by atomic mass is 16.3. The topological polar surface area (TPSA) is 20.2 Å². The molecule has 0 heterocycles. The molecule has 3 fully saturated rings. The summed E-state index contributed by atoms with van der Waals surface area (Å²) in [4.78, 5) is 0. The Labute approximate surface area is 179 Å². The minimum absolute atomic E-state index is 0.0928. The molecular weight excluding hydrogens is 352 g/mol. The van der Waals surface area contributed by atoms with Crippen LogP contribution >= 0.6 is 0 Å². The molecule has 0 radical (unpaired) electrons. The Morgan fingerprint density at radius 2 is 1.86 bits per heavy atom. The summed E-state index contributed by atoms with van der Waals surface area (Å²) in [6, 6.07) is 0. The Bertz CT molecular complexity index is 701. The lowest BCUT2D eigenvalue weighted by molar-refractivity contribution is -0.0540. The summed E-state index contributed by atoms with van der Waals surface area (Å²) in [6.45, 7) is 16.2. The SMILES string of the molecule is C=C(C)[C@@H](C)C=C[C@@H](C)[C@H]1CC[C@H]2[C@@H]3CC=C4CC(O)CC[C@]4(C)[C@H]3CC[C@]12C. The Balaban J connectivity index is 1.54. The van der Waals surface area contributed by atoms with Crippen molar-refractivity contribution in [3.8, 4) is 0 Å². The van der Waals surface area contributed by atoms with Gasteiger partial charge in [-0.3, -0.25) is 0 Å². The van der Waals surface area contributed by atoms with Gasteiger partial charge in [-0.2, -0.15) is 0 Å². The number of aliphatic hydroxyl groups is 1. The van der Waals surface area contributed by atoms with Crippen LogP contribution in [0.3, 0.4) is 0 Å². The molecule has 1 N–H and O–H groups in total. The van der Waals surface area contributed by atoms with E-state index in [1.807, 2.05) is 0 Å². The fourth-order valence-electron chi connectivity index (χ4n) is 8.19. The molecule has 4 rings (SSSR count). The van der Waals surface area contributed by atoms with E-state index in [9.17, 15) is 5.11 Å². The average Bonchev–Trinajstić information content (AvgIpc) is 3.03. The number of fused-ring (bicyclic) bond motifs is 5. The third kappa shape index (κ3) is 3.50. The van der Waals surface area contributed by atoms with Crippen molar-refractivity contribution in [2.45, 2.75) is 92.1 Å². The zero-order valence-electron chi connectivity index (χ0n) is 19.6. The first-order valence-corrected chi connectivity index (χ1v) is 12.4. The third-order valence-electron chi connectivity index (χ3n) is 10.3. The van der Waals surface area contributed by atoms with Crippen molar-refractivity contribution in [3.63, 3.8) is 0 Å². The standard InChI is InChI=1S/C28H44O/c1-18(2)19(3)7-8-20(4)24-11-12-25-23-10-9-21-17-22(29)13-15-27(21,5)26(23)14-16-28(24,25)6/h7-9,19-20,22-26,29H,1,10-17H2,2-6H3/t19-,20+,22?,23-,24+,25-,26-,27-,28+/m0/s1. The molecule has 0 bridgehead atoms. The Morgan fingerprint density at radius 3 is 2.59 bits per heavy atom. The fraction of sp³-hybridized carbons (Fsp3) is 0.786. The molecular formula is C28H44O. The molecule has 0 spiro atoms. The van der Waals surface area contributed by atoms with Gasteiger partial charge in [-0.15, -0.1) is 0 Å². The highest BCUT2D eigenvalue weighted by molar-refractivity contribution is 5.25. The first-order valence-electron chi connectivity index (χ1n) is 12.4. The third-order valence-corrected chi connectivity index (χ3v) is 10.3. The molecule has 9 atom stereocenters. The van der Waals surface area contributed by atoms with E-state index >= 15 is 0 Å². The zero-order chi connectivity index (χ0) is 21.0. The van der Waals surface area contributed by atoms with Crippen LogP contribution in [0, 0.1) is 46.3 Å². The van der Waals surface area contributed by atoms with Crippen molar-refractivity contribution in [2.24, 2.45) is 46.3 Å². The van der Waals surface area contributed by atoms with Crippen molar-refractivity contribution in [3.05, 3.63) is 36.0 Å². The van der Waals surface area contributed by atoms with E-state index in [-0.39, 0.29) is 6.10 Å². The van der Waals surface area contributed by atoms with Gasteiger partial charge in [0.1, 0.15) is 0 Å². The normalized spacial score (nSPS) is 46.4. The van der Waals surface area contributed by atoms with Gasteiger partial charge in [0.2, 0.25) is 0 Å². The number of rotatable bonds is 4. The quantitative estimate of drug-likeness (QED) is 0.493. The Hall–Kier alpha value is -0.820. The van der Waals surface area contributed by atoms with Crippen LogP contribution in [0.25, 0.3) is 0 Å². The molecule has 1 unspecified atom stereocenters. The van der Waals surface area contributed by atoms with Crippen molar-refractivity contribution in [1.29, 1.82) is 0 Å². The number of aliphatic hydroxyl groups excluding tert-OH is 1. The molecule has 162 valence electrons. The summed E-state index contributed by atoms with van der Waals surface area (Å²) >= 11 is 0. The Kier molecular flexibility index (Phi) is 5.69. The molecule has 1 nitrogen and oxygen atoms in total. The molecule has 0 aromatic rings. The molecule has 1 heteroatoms. The van der Waals surface area contributed by atoms with Gasteiger partial charge in [-0.1, -0.05) is 63.6 Å². The second-order valence-electron chi connectivity index (χ2n) is 11.8. The van der Waals surface area contributed by atoms with Crippen molar-refractivity contribution in [2.75, 3.05) is 0 Å². The second-order valence-corrected chi connectivity index (χ2v) is 11.8. The minimum atomic E-state index is -0.0928. The highest BCUT2D eigenvalue weighted by Gasteiger charge is 2.58. The minimum Gasteiger partial charge on any atom is -0.393 e. The first kappa shape index (κ1) is 21.4. The van der Waals surface area contributed by atoms with Gasteiger partial charge in [-0.25, -0.2) is 0 Å². The predicted octanol–water partition coefficient (Wildman–Crippen LogP) is 7.33. The van der Waals surface area contributed by atoms with E-state index in [4.69, 9.17) is 0 Å². The lowest BCUT2D eigenvalue weighted by Gasteiger charge is -2.58. The van der Waals surface area contributed by atoms with Crippen LogP contribution in [0.5, 0.6) is 0 Å². The van der Waals surface area contributed by atoms with Crippen molar-refractivity contribution in [1.82, 2.24) is 0 Å². The Morgan fingerprint density at radius 1 is 1.10 bits per heavy atom. The number of hydrogen-bond donors (Lipinski definition) is 1. The van der Waals surface area contributed by atoms with Gasteiger partial charge >= 0.3 is 0 Å². The number of hydrogen-bond acceptors (Lipinski definition) is 1. The van der Waals surface area contributed by atoms with E-state index in [1.165, 1.54) is 44.1 Å². The molecule has 3 saturated carbocycles. The fourth-order valence-corrected chi connectivity index (χ4v) is 8.19. The van der Waals surface area contributed by atoms with Crippen LogP contribution in [-0.4, -0.2) is 11.2 Å². The largest absolute Gasteiger partial charge is 0.393 e. The lowest BCUT2D eigenvalue weighted by Crippen LogP contribution is -2.50. The first-order chi connectivity index (χ1) is 13.7. The van der Waals surface area contributed by atoms with Gasteiger partial charge in [0.15, 0.2) is 0 Å². The van der Waals surface area contributed by atoms with Gasteiger partial charge in [0, 0.05) is 0 Å². The maximum atomic E-state index is 10.2. The van der Waals surface area contributed by atoms with Gasteiger partial charge in [0.05, 0.1) is 6.10 Å². The van der Waals surface area contributed by atoms with E-state index in [0.29, 0.717) is 22.7 Å². The molecule has 4 aliphatic carbocycles.